The van der Waals surface area contributed by atoms with E-state index in [9.17, 15) is 4.79 Å². The predicted molar refractivity (Wildman–Crippen MR) is 112 cm³/mol. The summed E-state index contributed by atoms with van der Waals surface area (Å²) in [4.78, 5) is 18.5. The zero-order valence-electron chi connectivity index (χ0n) is 16.2. The maximum atomic E-state index is 12.9. The highest BCUT2D eigenvalue weighted by molar-refractivity contribution is 7.12. The SMILES string of the molecule is CN(CC1CN(C(=O)c2cccs2)CC1c1ccccc1)C1CCCCC1. The molecule has 0 N–H and O–H groups in total. The fourth-order valence-corrected chi connectivity index (χ4v) is 5.59. The van der Waals surface area contributed by atoms with E-state index >= 15 is 0 Å². The van der Waals surface area contributed by atoms with E-state index in [4.69, 9.17) is 0 Å². The highest BCUT2D eigenvalue weighted by Gasteiger charge is 2.37. The Kier molecular flexibility index (Phi) is 5.94. The van der Waals surface area contributed by atoms with Crippen LogP contribution in [-0.4, -0.2) is 48.4 Å². The van der Waals surface area contributed by atoms with Crippen molar-refractivity contribution in [1.29, 1.82) is 0 Å². The lowest BCUT2D eigenvalue weighted by Crippen LogP contribution is -2.38. The van der Waals surface area contributed by atoms with E-state index < -0.39 is 0 Å². The summed E-state index contributed by atoms with van der Waals surface area (Å²) in [6.45, 7) is 2.79. The number of amides is 1. The number of thiophene rings is 1. The minimum absolute atomic E-state index is 0.203. The van der Waals surface area contributed by atoms with E-state index in [-0.39, 0.29) is 5.91 Å². The lowest BCUT2D eigenvalue weighted by Gasteiger charge is -2.34. The van der Waals surface area contributed by atoms with Gasteiger partial charge in [-0.3, -0.25) is 4.79 Å². The maximum absolute atomic E-state index is 12.9. The molecule has 4 heteroatoms. The van der Waals surface area contributed by atoms with Crippen molar-refractivity contribution in [2.24, 2.45) is 5.92 Å². The molecule has 2 aromatic rings. The topological polar surface area (TPSA) is 23.6 Å². The first-order chi connectivity index (χ1) is 13.2. The van der Waals surface area contributed by atoms with E-state index in [0.29, 0.717) is 11.8 Å². The lowest BCUT2D eigenvalue weighted by atomic mass is 9.87. The van der Waals surface area contributed by atoms with Crippen LogP contribution >= 0.6 is 11.3 Å². The van der Waals surface area contributed by atoms with E-state index in [1.165, 1.54) is 37.7 Å². The molecule has 3 nitrogen and oxygen atoms in total. The molecule has 1 aromatic heterocycles. The third-order valence-electron chi connectivity index (χ3n) is 6.41. The molecule has 2 fully saturated rings. The minimum atomic E-state index is 0.203. The summed E-state index contributed by atoms with van der Waals surface area (Å²) < 4.78 is 0. The van der Waals surface area contributed by atoms with Gasteiger partial charge in [0.05, 0.1) is 4.88 Å². The summed E-state index contributed by atoms with van der Waals surface area (Å²) in [5, 5.41) is 1.99. The van der Waals surface area contributed by atoms with Gasteiger partial charge in [0.1, 0.15) is 0 Å². The Labute approximate surface area is 167 Å². The highest BCUT2D eigenvalue weighted by atomic mass is 32.1. The maximum Gasteiger partial charge on any atom is 0.263 e. The molecule has 2 heterocycles. The first-order valence-corrected chi connectivity index (χ1v) is 11.2. The molecule has 1 aliphatic heterocycles. The Balaban J connectivity index is 1.50. The smallest absolute Gasteiger partial charge is 0.263 e. The Morgan fingerprint density at radius 1 is 1.07 bits per heavy atom. The van der Waals surface area contributed by atoms with Crippen LogP contribution in [0.15, 0.2) is 47.8 Å². The molecule has 0 bridgehead atoms. The number of likely N-dealkylation sites (tertiary alicyclic amines) is 1. The van der Waals surface area contributed by atoms with Crippen molar-refractivity contribution >= 4 is 17.2 Å². The number of hydrogen-bond acceptors (Lipinski definition) is 3. The number of nitrogens with zero attached hydrogens (tertiary/aromatic N) is 2. The monoisotopic (exact) mass is 382 g/mol. The molecule has 0 radical (unpaired) electrons. The van der Waals surface area contributed by atoms with Gasteiger partial charge in [-0.05, 0) is 42.8 Å². The van der Waals surface area contributed by atoms with Crippen LogP contribution in [0.2, 0.25) is 0 Å². The van der Waals surface area contributed by atoms with Crippen LogP contribution in [0.3, 0.4) is 0 Å². The summed E-state index contributed by atoms with van der Waals surface area (Å²) in [5.74, 6) is 1.14. The first kappa shape index (κ1) is 18.7. The summed E-state index contributed by atoms with van der Waals surface area (Å²) in [7, 11) is 2.29. The number of carbonyl (C=O) groups excluding carboxylic acids is 1. The predicted octanol–water partition coefficient (Wildman–Crippen LogP) is 4.87. The van der Waals surface area contributed by atoms with Gasteiger partial charge in [-0.1, -0.05) is 55.7 Å². The van der Waals surface area contributed by atoms with Gasteiger partial charge in [-0.25, -0.2) is 0 Å². The fourth-order valence-electron chi connectivity index (χ4n) is 4.90. The van der Waals surface area contributed by atoms with E-state index in [2.05, 4.69) is 47.2 Å². The van der Waals surface area contributed by atoms with Crippen molar-refractivity contribution in [3.8, 4) is 0 Å². The number of rotatable bonds is 5. The molecule has 27 heavy (non-hydrogen) atoms. The van der Waals surface area contributed by atoms with Crippen LogP contribution in [0.1, 0.15) is 53.3 Å². The van der Waals surface area contributed by atoms with Gasteiger partial charge in [0, 0.05) is 31.6 Å². The van der Waals surface area contributed by atoms with Crippen molar-refractivity contribution in [3.05, 3.63) is 58.3 Å². The molecule has 1 saturated carbocycles. The summed E-state index contributed by atoms with van der Waals surface area (Å²) >= 11 is 1.55. The molecule has 1 aromatic carbocycles. The molecule has 0 spiro atoms. The van der Waals surface area contributed by atoms with Crippen LogP contribution in [-0.2, 0) is 0 Å². The average Bonchev–Trinajstić information content (AvgIpc) is 3.39. The summed E-state index contributed by atoms with van der Waals surface area (Å²) in [6, 6.07) is 15.4. The van der Waals surface area contributed by atoms with Crippen LogP contribution in [0.4, 0.5) is 0 Å². The Bertz CT molecular complexity index is 724. The summed E-state index contributed by atoms with van der Waals surface area (Å²) in [6.07, 6.45) is 6.78. The molecule has 1 amide bonds. The van der Waals surface area contributed by atoms with Gasteiger partial charge in [0.2, 0.25) is 0 Å². The first-order valence-electron chi connectivity index (χ1n) is 10.3. The van der Waals surface area contributed by atoms with Crippen LogP contribution in [0, 0.1) is 5.92 Å². The Morgan fingerprint density at radius 2 is 1.85 bits per heavy atom. The third-order valence-corrected chi connectivity index (χ3v) is 7.27. The van der Waals surface area contributed by atoms with Gasteiger partial charge in [-0.15, -0.1) is 11.3 Å². The third kappa shape index (κ3) is 4.27. The Hall–Kier alpha value is -1.65. The molecule has 2 unspecified atom stereocenters. The standard InChI is InChI=1S/C23H30N2OS/c1-24(20-11-6-3-7-12-20)15-19-16-25(23(26)22-13-8-14-27-22)17-21(19)18-9-4-2-5-10-18/h2,4-5,8-10,13-14,19-21H,3,6-7,11-12,15-17H2,1H3. The van der Waals surface area contributed by atoms with Crippen molar-refractivity contribution < 1.29 is 4.79 Å². The van der Waals surface area contributed by atoms with Crippen LogP contribution < -0.4 is 0 Å². The number of hydrogen-bond donors (Lipinski definition) is 0. The highest BCUT2D eigenvalue weighted by Crippen LogP contribution is 2.35. The van der Waals surface area contributed by atoms with Crippen molar-refractivity contribution in [2.45, 2.75) is 44.1 Å². The number of benzene rings is 1. The number of carbonyl (C=O) groups is 1. The van der Waals surface area contributed by atoms with E-state index in [1.54, 1.807) is 11.3 Å². The molecule has 2 aliphatic rings. The second kappa shape index (κ2) is 8.57. The summed E-state index contributed by atoms with van der Waals surface area (Å²) in [5.41, 5.74) is 1.38. The van der Waals surface area contributed by atoms with Crippen LogP contribution in [0.25, 0.3) is 0 Å². The molecular weight excluding hydrogens is 352 g/mol. The quantitative estimate of drug-likeness (QED) is 0.737. The normalized spacial score (nSPS) is 23.9. The van der Waals surface area contributed by atoms with Gasteiger partial charge in [-0.2, -0.15) is 0 Å². The second-order valence-corrected chi connectivity index (χ2v) is 9.14. The Morgan fingerprint density at radius 3 is 2.56 bits per heavy atom. The van der Waals surface area contributed by atoms with Crippen LogP contribution in [0.5, 0.6) is 0 Å². The van der Waals surface area contributed by atoms with Gasteiger partial charge in [0.25, 0.3) is 5.91 Å². The molecule has 2 atom stereocenters. The second-order valence-electron chi connectivity index (χ2n) is 8.20. The molecule has 4 rings (SSSR count). The van der Waals surface area contributed by atoms with Gasteiger partial charge in [0.15, 0.2) is 0 Å². The zero-order valence-corrected chi connectivity index (χ0v) is 17.0. The molecular formula is C23H30N2OS. The van der Waals surface area contributed by atoms with E-state index in [1.807, 2.05) is 17.5 Å². The fraction of sp³-hybridized carbons (Fsp3) is 0.522. The van der Waals surface area contributed by atoms with Gasteiger partial charge < -0.3 is 9.80 Å². The average molecular weight is 383 g/mol. The molecule has 1 aliphatic carbocycles. The minimum Gasteiger partial charge on any atom is -0.337 e. The molecule has 144 valence electrons. The van der Waals surface area contributed by atoms with E-state index in [0.717, 1.165) is 30.6 Å². The lowest BCUT2D eigenvalue weighted by molar-refractivity contribution is 0.0785. The van der Waals surface area contributed by atoms with Crippen molar-refractivity contribution in [1.82, 2.24) is 9.80 Å². The molecule has 1 saturated heterocycles. The van der Waals surface area contributed by atoms with Crippen molar-refractivity contribution in [3.63, 3.8) is 0 Å². The van der Waals surface area contributed by atoms with Crippen molar-refractivity contribution in [2.75, 3.05) is 26.7 Å². The van der Waals surface area contributed by atoms with Gasteiger partial charge >= 0.3 is 0 Å². The zero-order chi connectivity index (χ0) is 18.6. The largest absolute Gasteiger partial charge is 0.337 e.